The van der Waals surface area contributed by atoms with Crippen LogP contribution in [0.15, 0.2) is 18.2 Å². The molecule has 0 saturated heterocycles. The lowest BCUT2D eigenvalue weighted by Crippen LogP contribution is -2.44. The number of carboxylic acids is 1. The van der Waals surface area contributed by atoms with Crippen molar-refractivity contribution in [3.8, 4) is 0 Å². The van der Waals surface area contributed by atoms with Crippen LogP contribution in [0.1, 0.15) is 31.2 Å². The highest BCUT2D eigenvalue weighted by atomic mass is 19.1. The van der Waals surface area contributed by atoms with Gasteiger partial charge >= 0.3 is 5.97 Å². The van der Waals surface area contributed by atoms with E-state index in [1.54, 1.807) is 0 Å². The smallest absolute Gasteiger partial charge is 0.329 e. The van der Waals surface area contributed by atoms with Gasteiger partial charge in [0.25, 0.3) is 0 Å². The summed E-state index contributed by atoms with van der Waals surface area (Å²) in [5.74, 6) is -4.53. The first-order valence-corrected chi connectivity index (χ1v) is 5.87. The second-order valence-corrected chi connectivity index (χ2v) is 4.73. The third-order valence-electron chi connectivity index (χ3n) is 3.35. The third kappa shape index (κ3) is 2.43. The number of hydrogen-bond donors (Lipinski definition) is 2. The van der Waals surface area contributed by atoms with E-state index in [0.717, 1.165) is 12.1 Å². The van der Waals surface area contributed by atoms with Gasteiger partial charge in [-0.25, -0.2) is 13.6 Å². The van der Waals surface area contributed by atoms with Crippen LogP contribution in [-0.4, -0.2) is 22.5 Å². The lowest BCUT2D eigenvalue weighted by molar-refractivity contribution is -0.143. The molecule has 1 aromatic carbocycles. The van der Waals surface area contributed by atoms with Crippen molar-refractivity contribution in [1.82, 2.24) is 5.32 Å². The van der Waals surface area contributed by atoms with Crippen molar-refractivity contribution in [1.29, 1.82) is 0 Å². The Bertz CT molecular complexity index is 520. The number of nitrogens with one attached hydrogen (secondary N) is 1. The number of carbonyl (C=O) groups is 2. The molecule has 0 heterocycles. The van der Waals surface area contributed by atoms with Gasteiger partial charge in [-0.05, 0) is 31.9 Å². The third-order valence-corrected chi connectivity index (χ3v) is 3.35. The molecular weight excluding hydrogens is 256 g/mol. The second-order valence-electron chi connectivity index (χ2n) is 4.73. The van der Waals surface area contributed by atoms with Gasteiger partial charge in [-0.3, -0.25) is 4.79 Å². The van der Waals surface area contributed by atoms with Crippen LogP contribution in [0.2, 0.25) is 0 Å². The second kappa shape index (κ2) is 4.60. The zero-order chi connectivity index (χ0) is 14.2. The summed E-state index contributed by atoms with van der Waals surface area (Å²) in [6, 6.07) is 3.33. The van der Waals surface area contributed by atoms with Crippen LogP contribution < -0.4 is 5.32 Å². The summed E-state index contributed by atoms with van der Waals surface area (Å²) in [5, 5.41) is 11.3. The molecule has 1 aromatic rings. The molecule has 1 unspecified atom stereocenters. The number of hydrogen-bond acceptors (Lipinski definition) is 2. The Morgan fingerprint density at radius 1 is 1.32 bits per heavy atom. The van der Waals surface area contributed by atoms with Gasteiger partial charge in [0.2, 0.25) is 5.91 Å². The van der Waals surface area contributed by atoms with Crippen molar-refractivity contribution in [3.05, 3.63) is 35.4 Å². The minimum absolute atomic E-state index is 0.334. The van der Waals surface area contributed by atoms with Crippen LogP contribution in [0.5, 0.6) is 0 Å². The van der Waals surface area contributed by atoms with Gasteiger partial charge in [-0.15, -0.1) is 0 Å². The molecule has 2 N–H and O–H groups in total. The van der Waals surface area contributed by atoms with Crippen LogP contribution in [0.4, 0.5) is 8.78 Å². The van der Waals surface area contributed by atoms with Crippen molar-refractivity contribution in [2.75, 3.05) is 0 Å². The van der Waals surface area contributed by atoms with Gasteiger partial charge in [0, 0.05) is 5.56 Å². The summed E-state index contributed by atoms with van der Waals surface area (Å²) < 4.78 is 27.1. The van der Waals surface area contributed by atoms with E-state index in [1.165, 1.54) is 13.0 Å². The van der Waals surface area contributed by atoms with Gasteiger partial charge in [0.05, 0.1) is 5.92 Å². The summed E-state index contributed by atoms with van der Waals surface area (Å²) >= 11 is 0. The maximum absolute atomic E-state index is 13.5. The molecule has 1 amide bonds. The van der Waals surface area contributed by atoms with Crippen molar-refractivity contribution < 1.29 is 23.5 Å². The van der Waals surface area contributed by atoms with Gasteiger partial charge < -0.3 is 10.4 Å². The van der Waals surface area contributed by atoms with E-state index in [4.69, 9.17) is 5.11 Å². The van der Waals surface area contributed by atoms with Crippen molar-refractivity contribution >= 4 is 11.9 Å². The predicted molar refractivity (Wildman–Crippen MR) is 62.5 cm³/mol. The van der Waals surface area contributed by atoms with E-state index in [9.17, 15) is 18.4 Å². The van der Waals surface area contributed by atoms with Crippen LogP contribution in [0.25, 0.3) is 0 Å². The monoisotopic (exact) mass is 269 g/mol. The Hall–Kier alpha value is -1.98. The topological polar surface area (TPSA) is 66.4 Å². The maximum Gasteiger partial charge on any atom is 0.329 e. The molecule has 1 saturated carbocycles. The summed E-state index contributed by atoms with van der Waals surface area (Å²) in [4.78, 5) is 22.8. The van der Waals surface area contributed by atoms with E-state index in [-0.39, 0.29) is 5.56 Å². The van der Waals surface area contributed by atoms with E-state index >= 15 is 0 Å². The highest BCUT2D eigenvalue weighted by molar-refractivity contribution is 5.92. The summed E-state index contributed by atoms with van der Waals surface area (Å²) in [6.07, 6.45) is 0.668. The first-order chi connectivity index (χ1) is 8.87. The highest BCUT2D eigenvalue weighted by Crippen LogP contribution is 2.36. The molecule has 102 valence electrons. The lowest BCUT2D eigenvalue weighted by atomic mass is 9.98. The zero-order valence-electron chi connectivity index (χ0n) is 10.2. The average Bonchev–Trinajstić information content (AvgIpc) is 3.09. The molecule has 2 rings (SSSR count). The molecule has 0 spiro atoms. The van der Waals surface area contributed by atoms with E-state index in [1.807, 2.05) is 0 Å². The first-order valence-electron chi connectivity index (χ1n) is 5.87. The highest BCUT2D eigenvalue weighted by Gasteiger charge is 2.52. The number of carboxylic acid groups (broad SMARTS) is 1. The molecule has 6 heteroatoms. The van der Waals surface area contributed by atoms with Crippen LogP contribution in [0.3, 0.4) is 0 Å². The minimum Gasteiger partial charge on any atom is -0.480 e. The summed E-state index contributed by atoms with van der Waals surface area (Å²) in [7, 11) is 0. The molecule has 0 aliphatic heterocycles. The van der Waals surface area contributed by atoms with Crippen LogP contribution in [-0.2, 0) is 9.59 Å². The molecule has 0 bridgehead atoms. The molecular formula is C13H13F2NO3. The normalized spacial score (nSPS) is 17.6. The fourth-order valence-corrected chi connectivity index (χ4v) is 1.92. The quantitative estimate of drug-likeness (QED) is 0.876. The molecule has 4 nitrogen and oxygen atoms in total. The lowest BCUT2D eigenvalue weighted by Gasteiger charge is -2.18. The molecule has 1 atom stereocenters. The van der Waals surface area contributed by atoms with Crippen LogP contribution >= 0.6 is 0 Å². The van der Waals surface area contributed by atoms with Crippen LogP contribution in [0, 0.1) is 11.6 Å². The molecule has 0 aromatic heterocycles. The number of benzene rings is 1. The van der Waals surface area contributed by atoms with Gasteiger partial charge in [0.1, 0.15) is 17.2 Å². The van der Waals surface area contributed by atoms with Crippen molar-refractivity contribution in [2.24, 2.45) is 0 Å². The van der Waals surface area contributed by atoms with Crippen molar-refractivity contribution in [2.45, 2.75) is 31.2 Å². The Morgan fingerprint density at radius 2 is 1.84 bits per heavy atom. The average molecular weight is 269 g/mol. The maximum atomic E-state index is 13.5. The number of rotatable bonds is 4. The van der Waals surface area contributed by atoms with E-state index in [2.05, 4.69) is 5.32 Å². The summed E-state index contributed by atoms with van der Waals surface area (Å²) in [5.41, 5.74) is -1.60. The molecule has 19 heavy (non-hydrogen) atoms. The van der Waals surface area contributed by atoms with Gasteiger partial charge in [-0.2, -0.15) is 0 Å². The number of halogens is 2. The fraction of sp³-hybridized carbons (Fsp3) is 0.385. The van der Waals surface area contributed by atoms with Gasteiger partial charge in [-0.1, -0.05) is 6.07 Å². The predicted octanol–water partition coefficient (Wildman–Crippen LogP) is 1.80. The van der Waals surface area contributed by atoms with Gasteiger partial charge in [0.15, 0.2) is 0 Å². The number of carbonyl (C=O) groups excluding carboxylic acids is 1. The molecule has 1 fully saturated rings. The van der Waals surface area contributed by atoms with E-state index in [0.29, 0.717) is 12.8 Å². The fourth-order valence-electron chi connectivity index (χ4n) is 1.92. The largest absolute Gasteiger partial charge is 0.480 e. The Kier molecular flexibility index (Phi) is 3.26. The zero-order valence-corrected chi connectivity index (χ0v) is 10.2. The SMILES string of the molecule is CC(C(=O)NC1(C(=O)O)CC1)c1c(F)cccc1F. The number of aliphatic carboxylic acids is 1. The minimum atomic E-state index is -1.26. The molecule has 1 aliphatic carbocycles. The first kappa shape index (κ1) is 13.5. The van der Waals surface area contributed by atoms with E-state index < -0.39 is 35.0 Å². The Balaban J connectivity index is 2.18. The Morgan fingerprint density at radius 3 is 2.26 bits per heavy atom. The van der Waals surface area contributed by atoms with Crippen molar-refractivity contribution in [3.63, 3.8) is 0 Å². The molecule has 1 aliphatic rings. The Labute approximate surface area is 108 Å². The standard InChI is InChI=1S/C13H13F2NO3/c1-7(10-8(14)3-2-4-9(10)15)11(17)16-13(5-6-13)12(18)19/h2-4,7H,5-6H2,1H3,(H,16,17)(H,18,19). The molecule has 0 radical (unpaired) electrons. The summed E-state index contributed by atoms with van der Waals surface area (Å²) in [6.45, 7) is 1.34. The number of amides is 1.